The number of anilines is 1. The Labute approximate surface area is 96.8 Å². The third kappa shape index (κ3) is 3.90. The summed E-state index contributed by atoms with van der Waals surface area (Å²) in [4.78, 5) is 0. The fourth-order valence-corrected chi connectivity index (χ4v) is 1.16. The monoisotopic (exact) mass is 252 g/mol. The van der Waals surface area contributed by atoms with E-state index in [4.69, 9.17) is 11.6 Å². The van der Waals surface area contributed by atoms with Gasteiger partial charge in [0.05, 0.1) is 16.6 Å². The highest BCUT2D eigenvalue weighted by Crippen LogP contribution is 2.25. The zero-order valence-electron chi connectivity index (χ0n) is 8.61. The lowest BCUT2D eigenvalue weighted by atomic mass is 10.2. The van der Waals surface area contributed by atoms with Crippen molar-refractivity contribution in [3.05, 3.63) is 29.3 Å². The van der Waals surface area contributed by atoms with E-state index < -0.39 is 12.1 Å². The molecule has 6 heteroatoms. The second-order valence-corrected chi connectivity index (χ2v) is 3.84. The van der Waals surface area contributed by atoms with Crippen molar-refractivity contribution in [1.29, 1.82) is 0 Å². The minimum Gasteiger partial charge on any atom is -0.320 e. The average molecular weight is 253 g/mol. The van der Waals surface area contributed by atoms with Crippen LogP contribution in [0, 0.1) is 5.92 Å². The molecule has 0 heterocycles. The van der Waals surface area contributed by atoms with Gasteiger partial charge in [0.2, 0.25) is 0 Å². The van der Waals surface area contributed by atoms with Gasteiger partial charge in [0, 0.05) is 6.54 Å². The van der Waals surface area contributed by atoms with Gasteiger partial charge in [0.1, 0.15) is 0 Å². The first-order valence-corrected chi connectivity index (χ1v) is 5.09. The molecule has 1 aromatic carbocycles. The van der Waals surface area contributed by atoms with E-state index >= 15 is 0 Å². The quantitative estimate of drug-likeness (QED) is 0.802. The summed E-state index contributed by atoms with van der Waals surface area (Å²) in [6, 6.07) is 6.81. The molecular weight excluding hydrogens is 241 g/mol. The molecular formula is C10H12ClF3N2. The Morgan fingerprint density at radius 3 is 2.50 bits per heavy atom. The van der Waals surface area contributed by atoms with Crippen LogP contribution >= 0.6 is 11.6 Å². The zero-order valence-corrected chi connectivity index (χ0v) is 9.36. The number of hydrogen-bond acceptors (Lipinski definition) is 2. The van der Waals surface area contributed by atoms with Crippen molar-refractivity contribution in [2.45, 2.75) is 13.1 Å². The maximum absolute atomic E-state index is 12.2. The minimum absolute atomic E-state index is 0.214. The summed E-state index contributed by atoms with van der Waals surface area (Å²) in [6.45, 7) is 0.899. The van der Waals surface area contributed by atoms with Gasteiger partial charge in [-0.25, -0.2) is 5.43 Å². The van der Waals surface area contributed by atoms with Gasteiger partial charge in [-0.2, -0.15) is 13.2 Å². The largest absolute Gasteiger partial charge is 0.392 e. The molecule has 0 aliphatic carbocycles. The van der Waals surface area contributed by atoms with Crippen molar-refractivity contribution in [2.75, 3.05) is 12.0 Å². The third-order valence-corrected chi connectivity index (χ3v) is 2.39. The molecule has 0 bridgehead atoms. The Kier molecular flexibility index (Phi) is 4.44. The molecule has 2 N–H and O–H groups in total. The maximum Gasteiger partial charge on any atom is 0.392 e. The van der Waals surface area contributed by atoms with E-state index in [9.17, 15) is 13.2 Å². The number of benzene rings is 1. The van der Waals surface area contributed by atoms with Crippen molar-refractivity contribution < 1.29 is 13.2 Å². The van der Waals surface area contributed by atoms with Gasteiger partial charge >= 0.3 is 6.18 Å². The molecule has 0 saturated heterocycles. The summed E-state index contributed by atoms with van der Waals surface area (Å²) in [5.41, 5.74) is 5.68. The fraction of sp³-hybridized carbons (Fsp3) is 0.400. The number of hydrazine groups is 1. The molecule has 0 spiro atoms. The van der Waals surface area contributed by atoms with Gasteiger partial charge in [-0.1, -0.05) is 30.7 Å². The van der Waals surface area contributed by atoms with Crippen molar-refractivity contribution >= 4 is 17.3 Å². The summed E-state index contributed by atoms with van der Waals surface area (Å²) < 4.78 is 36.5. The van der Waals surface area contributed by atoms with Crippen LogP contribution in [0.2, 0.25) is 5.02 Å². The van der Waals surface area contributed by atoms with Gasteiger partial charge in [0.15, 0.2) is 0 Å². The summed E-state index contributed by atoms with van der Waals surface area (Å²) in [5, 5.41) is 0.453. The van der Waals surface area contributed by atoms with Crippen LogP contribution in [-0.4, -0.2) is 12.7 Å². The molecule has 0 aromatic heterocycles. The predicted octanol–water partition coefficient (Wildman–Crippen LogP) is 3.45. The van der Waals surface area contributed by atoms with E-state index in [0.717, 1.165) is 6.92 Å². The van der Waals surface area contributed by atoms with Crippen LogP contribution in [0.25, 0.3) is 0 Å². The number of halogens is 4. The second kappa shape index (κ2) is 5.41. The van der Waals surface area contributed by atoms with Crippen molar-refractivity contribution in [2.24, 2.45) is 5.92 Å². The van der Waals surface area contributed by atoms with Gasteiger partial charge in [-0.15, -0.1) is 0 Å². The molecule has 1 aromatic rings. The fourth-order valence-electron chi connectivity index (χ4n) is 0.978. The van der Waals surface area contributed by atoms with Gasteiger partial charge in [-0.3, -0.25) is 0 Å². The normalized spacial score (nSPS) is 13.6. The van der Waals surface area contributed by atoms with Crippen LogP contribution in [0.15, 0.2) is 24.3 Å². The molecule has 1 unspecified atom stereocenters. The molecule has 0 amide bonds. The molecule has 0 radical (unpaired) electrons. The van der Waals surface area contributed by atoms with Crippen LogP contribution in [0.3, 0.4) is 0 Å². The highest BCUT2D eigenvalue weighted by molar-refractivity contribution is 6.33. The molecule has 0 aliphatic rings. The van der Waals surface area contributed by atoms with Gasteiger partial charge in [-0.05, 0) is 12.1 Å². The molecule has 16 heavy (non-hydrogen) atoms. The lowest BCUT2D eigenvalue weighted by Crippen LogP contribution is -2.34. The van der Waals surface area contributed by atoms with Crippen LogP contribution < -0.4 is 10.9 Å². The SMILES string of the molecule is CC(CNNc1ccccc1Cl)C(F)(F)F. The first-order valence-electron chi connectivity index (χ1n) is 4.71. The minimum atomic E-state index is -4.19. The lowest BCUT2D eigenvalue weighted by Gasteiger charge is -2.17. The van der Waals surface area contributed by atoms with E-state index in [0.29, 0.717) is 10.7 Å². The van der Waals surface area contributed by atoms with E-state index in [1.54, 1.807) is 24.3 Å². The van der Waals surface area contributed by atoms with E-state index in [1.165, 1.54) is 0 Å². The summed E-state index contributed by atoms with van der Waals surface area (Å²) in [5.74, 6) is -1.41. The second-order valence-electron chi connectivity index (χ2n) is 3.43. The smallest absolute Gasteiger partial charge is 0.320 e. The van der Waals surface area contributed by atoms with Crippen LogP contribution in [0.1, 0.15) is 6.92 Å². The standard InChI is InChI=1S/C10H12ClF3N2/c1-7(10(12,13)14)6-15-16-9-5-3-2-4-8(9)11/h2-5,7,15-16H,6H2,1H3. The van der Waals surface area contributed by atoms with Gasteiger partial charge < -0.3 is 5.43 Å². The number of nitrogens with one attached hydrogen (secondary N) is 2. The maximum atomic E-state index is 12.2. The molecule has 1 rings (SSSR count). The number of rotatable bonds is 4. The van der Waals surface area contributed by atoms with E-state index in [1.807, 2.05) is 0 Å². The Morgan fingerprint density at radius 2 is 1.94 bits per heavy atom. The molecule has 90 valence electrons. The Morgan fingerprint density at radius 1 is 1.31 bits per heavy atom. The Balaban J connectivity index is 2.40. The van der Waals surface area contributed by atoms with Gasteiger partial charge in [0.25, 0.3) is 0 Å². The zero-order chi connectivity index (χ0) is 12.2. The number of alkyl halides is 3. The Hall–Kier alpha value is -0.940. The lowest BCUT2D eigenvalue weighted by molar-refractivity contribution is -0.167. The molecule has 2 nitrogen and oxygen atoms in total. The summed E-state index contributed by atoms with van der Waals surface area (Å²) in [6.07, 6.45) is -4.19. The molecule has 0 saturated carbocycles. The molecule has 0 fully saturated rings. The highest BCUT2D eigenvalue weighted by atomic mass is 35.5. The number of para-hydroxylation sites is 1. The number of hydrogen-bond donors (Lipinski definition) is 2. The summed E-state index contributed by atoms with van der Waals surface area (Å²) >= 11 is 5.80. The highest BCUT2D eigenvalue weighted by Gasteiger charge is 2.35. The van der Waals surface area contributed by atoms with E-state index in [-0.39, 0.29) is 6.54 Å². The first-order chi connectivity index (χ1) is 7.41. The van der Waals surface area contributed by atoms with Crippen molar-refractivity contribution in [3.8, 4) is 0 Å². The van der Waals surface area contributed by atoms with Crippen molar-refractivity contribution in [3.63, 3.8) is 0 Å². The molecule has 1 atom stereocenters. The molecule has 0 aliphatic heterocycles. The first kappa shape index (κ1) is 13.1. The topological polar surface area (TPSA) is 24.1 Å². The predicted molar refractivity (Wildman–Crippen MR) is 58.3 cm³/mol. The Bertz CT molecular complexity index is 341. The van der Waals surface area contributed by atoms with Crippen LogP contribution in [0.5, 0.6) is 0 Å². The van der Waals surface area contributed by atoms with Crippen LogP contribution in [0.4, 0.5) is 18.9 Å². The van der Waals surface area contributed by atoms with Crippen molar-refractivity contribution in [1.82, 2.24) is 5.43 Å². The van der Waals surface area contributed by atoms with E-state index in [2.05, 4.69) is 10.9 Å². The average Bonchev–Trinajstić information content (AvgIpc) is 2.19. The third-order valence-electron chi connectivity index (χ3n) is 2.06. The van der Waals surface area contributed by atoms with Crippen LogP contribution in [-0.2, 0) is 0 Å². The summed E-state index contributed by atoms with van der Waals surface area (Å²) in [7, 11) is 0.